The van der Waals surface area contributed by atoms with Crippen LogP contribution in [0.25, 0.3) is 0 Å². The van der Waals surface area contributed by atoms with Gasteiger partial charge in [-0.1, -0.05) is 66.8 Å². The molecular weight excluding hydrogens is 521 g/mol. The van der Waals surface area contributed by atoms with Crippen LogP contribution in [-0.2, 0) is 26.2 Å². The summed E-state index contributed by atoms with van der Waals surface area (Å²) < 4.78 is 26.1. The Balaban J connectivity index is 2.47. The number of amides is 2. The maximum Gasteiger partial charge on any atom is 0.244 e. The van der Waals surface area contributed by atoms with Crippen LogP contribution >= 0.6 is 34.8 Å². The summed E-state index contributed by atoms with van der Waals surface area (Å²) in [6.45, 7) is 3.64. The first-order valence-electron chi connectivity index (χ1n) is 10.7. The first-order chi connectivity index (χ1) is 16.0. The number of nitrogens with one attached hydrogen (secondary N) is 1. The summed E-state index contributed by atoms with van der Waals surface area (Å²) in [4.78, 5) is 27.8. The van der Waals surface area contributed by atoms with Crippen molar-refractivity contribution in [2.24, 2.45) is 0 Å². The van der Waals surface area contributed by atoms with Crippen molar-refractivity contribution < 1.29 is 18.0 Å². The summed E-state index contributed by atoms with van der Waals surface area (Å²) in [7, 11) is -3.90. The molecule has 0 aromatic heterocycles. The summed E-state index contributed by atoms with van der Waals surface area (Å²) in [5.74, 6) is -0.893. The molecule has 34 heavy (non-hydrogen) atoms. The molecule has 0 aliphatic heterocycles. The van der Waals surface area contributed by atoms with Gasteiger partial charge in [0.2, 0.25) is 21.8 Å². The van der Waals surface area contributed by atoms with Crippen molar-refractivity contribution in [2.45, 2.75) is 39.3 Å². The summed E-state index contributed by atoms with van der Waals surface area (Å²) in [6, 6.07) is 10.5. The Morgan fingerprint density at radius 2 is 1.71 bits per heavy atom. The molecule has 0 saturated carbocycles. The Labute approximate surface area is 216 Å². The fourth-order valence-corrected chi connectivity index (χ4v) is 4.99. The van der Waals surface area contributed by atoms with Crippen molar-refractivity contribution in [1.82, 2.24) is 10.2 Å². The summed E-state index contributed by atoms with van der Waals surface area (Å²) in [6.07, 6.45) is 2.04. The molecule has 2 aromatic rings. The minimum atomic E-state index is -3.90. The molecule has 7 nitrogen and oxygen atoms in total. The lowest BCUT2D eigenvalue weighted by Gasteiger charge is -2.33. The number of carbonyl (C=O) groups excluding carboxylic acids is 2. The molecule has 0 saturated heterocycles. The predicted octanol–water partition coefficient (Wildman–Crippen LogP) is 4.75. The molecule has 1 N–H and O–H groups in total. The first kappa shape index (κ1) is 28.2. The SMILES string of the molecule is CCCNC(=O)[C@H](CC)N(Cc1ccccc1Cl)C(=O)CN(c1ccc(Cl)cc1Cl)S(C)(=O)=O. The Bertz CT molecular complexity index is 1130. The molecule has 2 aromatic carbocycles. The zero-order valence-electron chi connectivity index (χ0n) is 19.2. The van der Waals surface area contributed by atoms with Gasteiger partial charge in [-0.2, -0.15) is 0 Å². The maximum absolute atomic E-state index is 13.6. The van der Waals surface area contributed by atoms with Gasteiger partial charge in [0.1, 0.15) is 12.6 Å². The highest BCUT2D eigenvalue weighted by Gasteiger charge is 2.32. The van der Waals surface area contributed by atoms with Crippen LogP contribution < -0.4 is 9.62 Å². The van der Waals surface area contributed by atoms with E-state index in [2.05, 4.69) is 5.32 Å². The van der Waals surface area contributed by atoms with Crippen molar-refractivity contribution in [1.29, 1.82) is 0 Å². The van der Waals surface area contributed by atoms with Crippen LogP contribution in [0.5, 0.6) is 0 Å². The highest BCUT2D eigenvalue weighted by atomic mass is 35.5. The van der Waals surface area contributed by atoms with E-state index in [1.807, 2.05) is 6.92 Å². The number of rotatable bonds is 11. The molecule has 0 bridgehead atoms. The monoisotopic (exact) mass is 547 g/mol. The summed E-state index contributed by atoms with van der Waals surface area (Å²) in [5, 5.41) is 3.66. The fourth-order valence-electron chi connectivity index (χ4n) is 3.37. The molecule has 2 rings (SSSR count). The summed E-state index contributed by atoms with van der Waals surface area (Å²) in [5.41, 5.74) is 0.748. The number of hydrogen-bond acceptors (Lipinski definition) is 4. The molecule has 0 unspecified atom stereocenters. The van der Waals surface area contributed by atoms with E-state index in [0.29, 0.717) is 28.6 Å². The van der Waals surface area contributed by atoms with Gasteiger partial charge in [-0.3, -0.25) is 13.9 Å². The molecule has 0 fully saturated rings. The molecule has 0 aliphatic rings. The van der Waals surface area contributed by atoms with Crippen molar-refractivity contribution in [3.05, 3.63) is 63.1 Å². The number of sulfonamides is 1. The molecule has 0 spiro atoms. The third-order valence-corrected chi connectivity index (χ3v) is 7.12. The van der Waals surface area contributed by atoms with E-state index in [-0.39, 0.29) is 23.2 Å². The minimum absolute atomic E-state index is 0.0303. The average Bonchev–Trinajstić information content (AvgIpc) is 2.76. The van der Waals surface area contributed by atoms with Crippen LogP contribution in [0, 0.1) is 0 Å². The van der Waals surface area contributed by atoms with Crippen LogP contribution in [0.1, 0.15) is 32.3 Å². The first-order valence-corrected chi connectivity index (χ1v) is 13.7. The van der Waals surface area contributed by atoms with Gasteiger partial charge in [-0.25, -0.2) is 8.42 Å². The molecule has 2 amide bonds. The van der Waals surface area contributed by atoms with E-state index >= 15 is 0 Å². The number of benzene rings is 2. The lowest BCUT2D eigenvalue weighted by atomic mass is 10.1. The van der Waals surface area contributed by atoms with E-state index in [0.717, 1.165) is 17.0 Å². The van der Waals surface area contributed by atoms with Crippen LogP contribution in [0.3, 0.4) is 0 Å². The van der Waals surface area contributed by atoms with E-state index in [9.17, 15) is 18.0 Å². The van der Waals surface area contributed by atoms with Gasteiger partial charge in [0.15, 0.2) is 0 Å². The topological polar surface area (TPSA) is 86.8 Å². The van der Waals surface area contributed by atoms with Gasteiger partial charge in [-0.05, 0) is 42.7 Å². The van der Waals surface area contributed by atoms with Gasteiger partial charge in [0.25, 0.3) is 0 Å². The smallest absolute Gasteiger partial charge is 0.244 e. The zero-order valence-corrected chi connectivity index (χ0v) is 22.3. The predicted molar refractivity (Wildman–Crippen MR) is 138 cm³/mol. The summed E-state index contributed by atoms with van der Waals surface area (Å²) >= 11 is 18.5. The zero-order chi connectivity index (χ0) is 25.5. The Kier molecular flexibility index (Phi) is 10.5. The molecular formula is C23H28Cl3N3O4S. The molecule has 186 valence electrons. The van der Waals surface area contributed by atoms with Gasteiger partial charge < -0.3 is 10.2 Å². The Hall–Kier alpha value is -2.00. The number of carbonyl (C=O) groups is 2. The van der Waals surface area contributed by atoms with Crippen LogP contribution in [0.4, 0.5) is 5.69 Å². The quantitative estimate of drug-likeness (QED) is 0.439. The lowest BCUT2D eigenvalue weighted by Crippen LogP contribution is -2.52. The second kappa shape index (κ2) is 12.6. The van der Waals surface area contributed by atoms with E-state index in [1.54, 1.807) is 31.2 Å². The van der Waals surface area contributed by atoms with Gasteiger partial charge in [0.05, 0.1) is 17.0 Å². The highest BCUT2D eigenvalue weighted by molar-refractivity contribution is 7.92. The normalized spacial score (nSPS) is 12.2. The van der Waals surface area contributed by atoms with Crippen molar-refractivity contribution in [3.8, 4) is 0 Å². The third-order valence-electron chi connectivity index (χ3n) is 5.09. The number of nitrogens with zero attached hydrogens (tertiary/aromatic N) is 2. The van der Waals surface area contributed by atoms with Crippen molar-refractivity contribution in [2.75, 3.05) is 23.7 Å². The van der Waals surface area contributed by atoms with Crippen LogP contribution in [0.2, 0.25) is 15.1 Å². The van der Waals surface area contributed by atoms with E-state index < -0.39 is 28.5 Å². The van der Waals surface area contributed by atoms with E-state index in [4.69, 9.17) is 34.8 Å². The maximum atomic E-state index is 13.6. The van der Waals surface area contributed by atoms with Gasteiger partial charge >= 0.3 is 0 Å². The fraction of sp³-hybridized carbons (Fsp3) is 0.391. The molecule has 11 heteroatoms. The molecule has 0 aliphatic carbocycles. The molecule has 1 atom stereocenters. The largest absolute Gasteiger partial charge is 0.354 e. The Morgan fingerprint density at radius 3 is 2.26 bits per heavy atom. The highest BCUT2D eigenvalue weighted by Crippen LogP contribution is 2.31. The number of anilines is 1. The second-order valence-electron chi connectivity index (χ2n) is 7.69. The average molecular weight is 549 g/mol. The van der Waals surface area contributed by atoms with Gasteiger partial charge in [0, 0.05) is 23.1 Å². The standard InChI is InChI=1S/C23H28Cl3N3O4S/c1-4-12-27-23(31)20(5-2)28(14-16-8-6-7-9-18(16)25)22(30)15-29(34(3,32)33)21-11-10-17(24)13-19(21)26/h6-11,13,20H,4-5,12,14-15H2,1-3H3,(H,27,31)/t20-/m0/s1. The lowest BCUT2D eigenvalue weighted by molar-refractivity contribution is -0.140. The third kappa shape index (κ3) is 7.50. The molecule has 0 radical (unpaired) electrons. The number of halogens is 3. The minimum Gasteiger partial charge on any atom is -0.354 e. The van der Waals surface area contributed by atoms with Crippen LogP contribution in [-0.4, -0.2) is 50.5 Å². The van der Waals surface area contributed by atoms with Crippen LogP contribution in [0.15, 0.2) is 42.5 Å². The van der Waals surface area contributed by atoms with Crippen molar-refractivity contribution >= 4 is 62.3 Å². The second-order valence-corrected chi connectivity index (χ2v) is 10.9. The molecule has 0 heterocycles. The Morgan fingerprint density at radius 1 is 1.03 bits per heavy atom. The van der Waals surface area contributed by atoms with Crippen molar-refractivity contribution in [3.63, 3.8) is 0 Å². The van der Waals surface area contributed by atoms with Gasteiger partial charge in [-0.15, -0.1) is 0 Å². The van der Waals surface area contributed by atoms with E-state index in [1.165, 1.54) is 23.1 Å². The number of hydrogen-bond donors (Lipinski definition) is 1.